The highest BCUT2D eigenvalue weighted by Gasteiger charge is 2.25. The summed E-state index contributed by atoms with van der Waals surface area (Å²) in [4.78, 5) is 24.6. The van der Waals surface area contributed by atoms with Gasteiger partial charge in [0.25, 0.3) is 0 Å². The highest BCUT2D eigenvalue weighted by Crippen LogP contribution is 2.31. The molecule has 0 saturated carbocycles. The predicted molar refractivity (Wildman–Crippen MR) is 106 cm³/mol. The molecular weight excluding hydrogens is 390 g/mol. The van der Waals surface area contributed by atoms with Crippen LogP contribution in [0.1, 0.15) is 21.7 Å². The second-order valence-corrected chi connectivity index (χ2v) is 7.09. The van der Waals surface area contributed by atoms with Gasteiger partial charge in [0.1, 0.15) is 26.1 Å². The van der Waals surface area contributed by atoms with Crippen LogP contribution in [0.4, 0.5) is 0 Å². The van der Waals surface area contributed by atoms with Crippen molar-refractivity contribution < 1.29 is 33.3 Å². The minimum atomic E-state index is -0.719. The van der Waals surface area contributed by atoms with Crippen LogP contribution in [0, 0.1) is 13.8 Å². The Hall–Kier alpha value is -3.42. The van der Waals surface area contributed by atoms with Gasteiger partial charge < -0.3 is 28.3 Å². The lowest BCUT2D eigenvalue weighted by atomic mass is 10.1. The molecule has 8 heteroatoms. The minimum Gasteiger partial charge on any atom is -0.493 e. The number of carbonyl (C=O) groups is 2. The van der Waals surface area contributed by atoms with Crippen LogP contribution in [0.5, 0.6) is 11.5 Å². The van der Waals surface area contributed by atoms with Crippen LogP contribution in [-0.4, -0.2) is 48.9 Å². The van der Waals surface area contributed by atoms with E-state index in [0.29, 0.717) is 31.1 Å². The molecule has 4 rings (SSSR count). The second-order valence-electron chi connectivity index (χ2n) is 7.09. The number of aryl methyl sites for hydroxylation is 1. The first-order valence-electron chi connectivity index (χ1n) is 9.73. The van der Waals surface area contributed by atoms with E-state index in [2.05, 4.69) is 0 Å². The molecule has 2 aromatic rings. The number of ketones is 1. The van der Waals surface area contributed by atoms with E-state index in [1.165, 1.54) is 6.26 Å². The minimum absolute atomic E-state index is 0.0331. The zero-order valence-electron chi connectivity index (χ0n) is 16.9. The molecule has 2 aliphatic heterocycles. The van der Waals surface area contributed by atoms with E-state index in [4.69, 9.17) is 23.7 Å². The van der Waals surface area contributed by atoms with Crippen LogP contribution in [-0.2, 0) is 25.5 Å². The molecule has 0 saturated heterocycles. The third-order valence-corrected chi connectivity index (χ3v) is 5.01. The van der Waals surface area contributed by atoms with E-state index in [1.807, 2.05) is 42.7 Å². The Morgan fingerprint density at radius 1 is 1.13 bits per heavy atom. The molecule has 0 spiro atoms. The van der Waals surface area contributed by atoms with Gasteiger partial charge in [0, 0.05) is 17.0 Å². The van der Waals surface area contributed by atoms with Gasteiger partial charge in [-0.1, -0.05) is 12.1 Å². The number of para-hydroxylation sites is 2. The third kappa shape index (κ3) is 4.12. The second kappa shape index (κ2) is 8.52. The quantitative estimate of drug-likeness (QED) is 0.531. The number of ether oxygens (including phenoxy) is 5. The Morgan fingerprint density at radius 2 is 1.93 bits per heavy atom. The number of aromatic nitrogens is 1. The average molecular weight is 413 g/mol. The van der Waals surface area contributed by atoms with Crippen molar-refractivity contribution in [1.29, 1.82) is 0 Å². The fourth-order valence-electron chi connectivity index (χ4n) is 3.48. The lowest BCUT2D eigenvalue weighted by Crippen LogP contribution is -2.33. The molecule has 3 heterocycles. The molecule has 0 bridgehead atoms. The molecule has 1 aromatic heterocycles. The lowest BCUT2D eigenvalue weighted by molar-refractivity contribution is -0.143. The Labute approximate surface area is 173 Å². The Bertz CT molecular complexity index is 991. The first-order chi connectivity index (χ1) is 14.5. The standard InChI is InChI=1S/C22H23NO7/c1-14-9-17(18(24)12-29-22(25)21-13-26-7-8-27-21)15(2)23(14)10-16-11-28-19-5-3-4-6-20(19)30-16/h3-6,9,13,16H,7-8,10-12H2,1-2H3/t16-/m1/s1. The number of nitrogens with zero attached hydrogens (tertiary/aromatic N) is 1. The van der Waals surface area contributed by atoms with Crippen molar-refractivity contribution >= 4 is 11.8 Å². The van der Waals surface area contributed by atoms with Crippen LogP contribution in [0.25, 0.3) is 0 Å². The van der Waals surface area contributed by atoms with Crippen LogP contribution < -0.4 is 9.47 Å². The third-order valence-electron chi connectivity index (χ3n) is 5.01. The van der Waals surface area contributed by atoms with Crippen molar-refractivity contribution in [3.8, 4) is 11.5 Å². The zero-order chi connectivity index (χ0) is 21.1. The predicted octanol–water partition coefficient (Wildman–Crippen LogP) is 2.56. The number of carbonyl (C=O) groups excluding carboxylic acids is 2. The van der Waals surface area contributed by atoms with Gasteiger partial charge in [-0.3, -0.25) is 4.79 Å². The summed E-state index contributed by atoms with van der Waals surface area (Å²) in [6.45, 7) is 5.02. The summed E-state index contributed by atoms with van der Waals surface area (Å²) in [6.07, 6.45) is 1.02. The summed E-state index contributed by atoms with van der Waals surface area (Å²) in [6, 6.07) is 9.34. The lowest BCUT2D eigenvalue weighted by Gasteiger charge is -2.27. The van der Waals surface area contributed by atoms with Crippen molar-refractivity contribution in [2.24, 2.45) is 0 Å². The molecule has 8 nitrogen and oxygen atoms in total. The number of rotatable bonds is 6. The topological polar surface area (TPSA) is 85.2 Å². The van der Waals surface area contributed by atoms with E-state index >= 15 is 0 Å². The van der Waals surface area contributed by atoms with E-state index in [9.17, 15) is 9.59 Å². The molecule has 0 unspecified atom stereocenters. The van der Waals surface area contributed by atoms with Gasteiger partial charge in [0.2, 0.25) is 11.5 Å². The van der Waals surface area contributed by atoms with Crippen molar-refractivity contribution in [1.82, 2.24) is 4.57 Å². The number of Topliss-reactive ketones (excluding diaryl/α,β-unsaturated/α-hetero) is 1. The van der Waals surface area contributed by atoms with E-state index in [1.54, 1.807) is 6.07 Å². The molecule has 1 aromatic carbocycles. The van der Waals surface area contributed by atoms with Gasteiger partial charge in [0.15, 0.2) is 24.2 Å². The number of hydrogen-bond acceptors (Lipinski definition) is 7. The average Bonchev–Trinajstić information content (AvgIpc) is 3.06. The molecule has 0 fully saturated rings. The fraction of sp³-hybridized carbons (Fsp3) is 0.364. The van der Waals surface area contributed by atoms with Gasteiger partial charge in [-0.25, -0.2) is 4.79 Å². The maximum absolute atomic E-state index is 12.6. The van der Waals surface area contributed by atoms with Gasteiger partial charge in [-0.2, -0.15) is 0 Å². The van der Waals surface area contributed by atoms with E-state index in [0.717, 1.165) is 17.1 Å². The summed E-state index contributed by atoms with van der Waals surface area (Å²) in [5, 5.41) is 0. The van der Waals surface area contributed by atoms with Gasteiger partial charge in [-0.15, -0.1) is 0 Å². The van der Waals surface area contributed by atoms with Gasteiger partial charge >= 0.3 is 5.97 Å². The van der Waals surface area contributed by atoms with E-state index in [-0.39, 0.29) is 30.9 Å². The van der Waals surface area contributed by atoms with Crippen molar-refractivity contribution in [3.05, 3.63) is 59.3 Å². The first-order valence-corrected chi connectivity index (χ1v) is 9.73. The summed E-state index contributed by atoms with van der Waals surface area (Å²) >= 11 is 0. The molecule has 0 N–H and O–H groups in total. The largest absolute Gasteiger partial charge is 0.493 e. The maximum atomic E-state index is 12.6. The molecule has 2 aliphatic rings. The maximum Gasteiger partial charge on any atom is 0.377 e. The molecule has 158 valence electrons. The van der Waals surface area contributed by atoms with Gasteiger partial charge in [0.05, 0.1) is 6.54 Å². The van der Waals surface area contributed by atoms with Gasteiger partial charge in [-0.05, 0) is 32.0 Å². The number of benzene rings is 1. The number of hydrogen-bond donors (Lipinski definition) is 0. The molecule has 30 heavy (non-hydrogen) atoms. The zero-order valence-corrected chi connectivity index (χ0v) is 16.9. The molecule has 1 atom stereocenters. The van der Waals surface area contributed by atoms with Crippen molar-refractivity contribution in [2.75, 3.05) is 26.4 Å². The Morgan fingerprint density at radius 3 is 2.70 bits per heavy atom. The normalized spacial score (nSPS) is 17.4. The summed E-state index contributed by atoms with van der Waals surface area (Å²) in [5.41, 5.74) is 2.20. The molecule has 0 radical (unpaired) electrons. The number of fused-ring (bicyclic) bond motifs is 1. The number of esters is 1. The highest BCUT2D eigenvalue weighted by atomic mass is 16.6. The SMILES string of the molecule is Cc1cc(C(=O)COC(=O)C2=COCCO2)c(C)n1C[C@@H]1COc2ccccc2O1. The molecule has 0 amide bonds. The summed E-state index contributed by atoms with van der Waals surface area (Å²) in [5.74, 6) is 0.404. The Kier molecular flexibility index (Phi) is 5.65. The Balaban J connectivity index is 1.40. The van der Waals surface area contributed by atoms with Crippen molar-refractivity contribution in [2.45, 2.75) is 26.5 Å². The molecular formula is C22H23NO7. The van der Waals surface area contributed by atoms with Crippen LogP contribution in [0.3, 0.4) is 0 Å². The highest BCUT2D eigenvalue weighted by molar-refractivity contribution is 6.00. The van der Waals surface area contributed by atoms with Crippen LogP contribution in [0.15, 0.2) is 42.4 Å². The fourth-order valence-corrected chi connectivity index (χ4v) is 3.48. The van der Waals surface area contributed by atoms with Crippen LogP contribution >= 0.6 is 0 Å². The monoisotopic (exact) mass is 413 g/mol. The summed E-state index contributed by atoms with van der Waals surface area (Å²) < 4.78 is 29.1. The molecule has 0 aliphatic carbocycles. The van der Waals surface area contributed by atoms with Crippen molar-refractivity contribution in [3.63, 3.8) is 0 Å². The van der Waals surface area contributed by atoms with Crippen LogP contribution in [0.2, 0.25) is 0 Å². The van der Waals surface area contributed by atoms with E-state index < -0.39 is 5.97 Å². The first kappa shape index (κ1) is 19.9. The smallest absolute Gasteiger partial charge is 0.377 e. The summed E-state index contributed by atoms with van der Waals surface area (Å²) in [7, 11) is 0.